The predicted octanol–water partition coefficient (Wildman–Crippen LogP) is 5.21. The number of rotatable bonds is 8. The van der Waals surface area contributed by atoms with Gasteiger partial charge in [-0.05, 0) is 62.7 Å². The summed E-state index contributed by atoms with van der Waals surface area (Å²) in [6.45, 7) is 5.35. The Labute approximate surface area is 195 Å². The number of hydrogen-bond donors (Lipinski definition) is 1. The van der Waals surface area contributed by atoms with Gasteiger partial charge in [0.25, 0.3) is 5.91 Å². The minimum atomic E-state index is -0.611. The molecule has 168 valence electrons. The molecule has 0 aliphatic heterocycles. The summed E-state index contributed by atoms with van der Waals surface area (Å²) in [7, 11) is 0. The lowest BCUT2D eigenvalue weighted by Crippen LogP contribution is -2.31. The van der Waals surface area contributed by atoms with Crippen molar-refractivity contribution >= 4 is 35.1 Å². The molecule has 1 amide bonds. The molecule has 3 rings (SSSR count). The van der Waals surface area contributed by atoms with Crippen LogP contribution < -0.4 is 10.1 Å². The lowest BCUT2D eigenvalue weighted by atomic mass is 10.1. The van der Waals surface area contributed by atoms with Crippen LogP contribution in [-0.4, -0.2) is 23.6 Å². The molecule has 7 nitrogen and oxygen atoms in total. The Morgan fingerprint density at radius 2 is 1.81 bits per heavy atom. The summed E-state index contributed by atoms with van der Waals surface area (Å²) in [4.78, 5) is 24.4. The zero-order valence-electron chi connectivity index (χ0n) is 17.8. The van der Waals surface area contributed by atoms with Crippen LogP contribution in [0, 0.1) is 13.8 Å². The number of carbonyl (C=O) groups is 2. The van der Waals surface area contributed by atoms with Gasteiger partial charge in [0.1, 0.15) is 18.1 Å². The first-order valence-corrected chi connectivity index (χ1v) is 10.6. The molecule has 0 aliphatic rings. The third kappa shape index (κ3) is 6.02. The van der Waals surface area contributed by atoms with Crippen LogP contribution in [0.4, 0.5) is 0 Å². The molecule has 32 heavy (non-hydrogen) atoms. The Hall–Kier alpha value is -3.03. The van der Waals surface area contributed by atoms with Crippen molar-refractivity contribution in [3.8, 4) is 5.75 Å². The maximum atomic E-state index is 12.2. The van der Waals surface area contributed by atoms with E-state index in [9.17, 15) is 9.59 Å². The molecule has 0 radical (unpaired) electrons. The van der Waals surface area contributed by atoms with Crippen molar-refractivity contribution in [3.05, 3.63) is 80.7 Å². The number of halogens is 2. The van der Waals surface area contributed by atoms with Gasteiger partial charge in [0.05, 0.1) is 32.9 Å². The van der Waals surface area contributed by atoms with E-state index in [2.05, 4.69) is 10.5 Å². The highest BCUT2D eigenvalue weighted by atomic mass is 35.5. The molecule has 0 bridgehead atoms. The number of amides is 1. The van der Waals surface area contributed by atoms with E-state index in [1.54, 1.807) is 49.4 Å². The van der Waals surface area contributed by atoms with Gasteiger partial charge in [-0.3, -0.25) is 4.79 Å². The molecular weight excluding hydrogens is 455 g/mol. The number of aromatic nitrogens is 1. The predicted molar refractivity (Wildman–Crippen MR) is 120 cm³/mol. The van der Waals surface area contributed by atoms with Crippen molar-refractivity contribution in [2.24, 2.45) is 0 Å². The molecule has 9 heteroatoms. The largest absolute Gasteiger partial charge is 0.489 e. The second-order valence-electron chi connectivity index (χ2n) is 7.15. The summed E-state index contributed by atoms with van der Waals surface area (Å²) in [5.41, 5.74) is 2.75. The molecule has 0 fully saturated rings. The van der Waals surface area contributed by atoms with Gasteiger partial charge in [-0.1, -0.05) is 34.4 Å². The number of nitrogens with zero attached hydrogens (tertiary/aromatic N) is 1. The van der Waals surface area contributed by atoms with Crippen LogP contribution >= 0.6 is 23.2 Å². The van der Waals surface area contributed by atoms with Gasteiger partial charge in [0, 0.05) is 0 Å². The fourth-order valence-electron chi connectivity index (χ4n) is 2.91. The third-order valence-corrected chi connectivity index (χ3v) is 5.55. The van der Waals surface area contributed by atoms with E-state index in [4.69, 9.17) is 37.2 Å². The van der Waals surface area contributed by atoms with Crippen molar-refractivity contribution < 1.29 is 23.6 Å². The second-order valence-corrected chi connectivity index (χ2v) is 7.97. The van der Waals surface area contributed by atoms with Crippen LogP contribution in [-0.2, 0) is 16.1 Å². The Bertz CT molecular complexity index is 1090. The van der Waals surface area contributed by atoms with Crippen LogP contribution in [0.25, 0.3) is 0 Å². The van der Waals surface area contributed by atoms with E-state index in [0.29, 0.717) is 33.7 Å². The monoisotopic (exact) mass is 476 g/mol. The molecule has 3 aromatic rings. The molecule has 0 saturated heterocycles. The average molecular weight is 477 g/mol. The Morgan fingerprint density at radius 3 is 2.44 bits per heavy atom. The highest BCUT2D eigenvalue weighted by Gasteiger charge is 2.15. The van der Waals surface area contributed by atoms with Crippen LogP contribution in [0.2, 0.25) is 10.0 Å². The van der Waals surface area contributed by atoms with Crippen molar-refractivity contribution in [1.82, 2.24) is 10.5 Å². The molecular formula is C23H22Cl2N2O5. The van der Waals surface area contributed by atoms with Crippen molar-refractivity contribution in [2.45, 2.75) is 33.4 Å². The number of hydrogen-bond acceptors (Lipinski definition) is 6. The Kier molecular flexibility index (Phi) is 7.77. The summed E-state index contributed by atoms with van der Waals surface area (Å²) >= 11 is 11.9. The van der Waals surface area contributed by atoms with E-state index >= 15 is 0 Å². The van der Waals surface area contributed by atoms with E-state index in [1.807, 2.05) is 13.8 Å². The Balaban J connectivity index is 1.47. The fourth-order valence-corrected chi connectivity index (χ4v) is 3.22. The van der Waals surface area contributed by atoms with Gasteiger partial charge in [0.15, 0.2) is 6.61 Å². The van der Waals surface area contributed by atoms with E-state index in [0.717, 1.165) is 16.8 Å². The highest BCUT2D eigenvalue weighted by molar-refractivity contribution is 6.42. The maximum absolute atomic E-state index is 12.2. The molecule has 0 spiro atoms. The normalized spacial score (nSPS) is 11.7. The molecule has 1 heterocycles. The zero-order valence-corrected chi connectivity index (χ0v) is 19.3. The molecule has 0 saturated carbocycles. The summed E-state index contributed by atoms with van der Waals surface area (Å²) in [6, 6.07) is 11.2. The summed E-state index contributed by atoms with van der Waals surface area (Å²) in [6.07, 6.45) is 0. The lowest BCUT2D eigenvalue weighted by molar-refractivity contribution is -0.124. The maximum Gasteiger partial charge on any atom is 0.338 e. The van der Waals surface area contributed by atoms with E-state index in [1.165, 1.54) is 0 Å². The lowest BCUT2D eigenvalue weighted by Gasteiger charge is -2.15. The summed E-state index contributed by atoms with van der Waals surface area (Å²) < 4.78 is 15.9. The first-order valence-electron chi connectivity index (χ1n) is 9.80. The first-order chi connectivity index (χ1) is 15.2. The van der Waals surface area contributed by atoms with Crippen LogP contribution in [0.3, 0.4) is 0 Å². The topological polar surface area (TPSA) is 90.7 Å². The smallest absolute Gasteiger partial charge is 0.338 e. The minimum Gasteiger partial charge on any atom is -0.489 e. The average Bonchev–Trinajstić information content (AvgIpc) is 3.10. The molecule has 1 atom stereocenters. The van der Waals surface area contributed by atoms with Gasteiger partial charge >= 0.3 is 5.97 Å². The zero-order chi connectivity index (χ0) is 23.3. The van der Waals surface area contributed by atoms with Gasteiger partial charge in [-0.15, -0.1) is 0 Å². The molecule has 2 aromatic carbocycles. The van der Waals surface area contributed by atoms with Gasteiger partial charge < -0.3 is 19.3 Å². The minimum absolute atomic E-state index is 0.306. The molecule has 1 aromatic heterocycles. The van der Waals surface area contributed by atoms with Gasteiger partial charge in [-0.25, -0.2) is 4.79 Å². The SMILES string of the molecule is Cc1noc(C)c1COc1ccc(C(=O)OCC(=O)NC(C)c2ccc(Cl)c(Cl)c2)cc1. The van der Waals surface area contributed by atoms with Crippen LogP contribution in [0.1, 0.15) is 45.9 Å². The Morgan fingerprint density at radius 1 is 1.09 bits per heavy atom. The number of esters is 1. The molecule has 0 aliphatic carbocycles. The fraction of sp³-hybridized carbons (Fsp3) is 0.261. The number of ether oxygens (including phenoxy) is 2. The van der Waals surface area contributed by atoms with Crippen molar-refractivity contribution in [2.75, 3.05) is 6.61 Å². The van der Waals surface area contributed by atoms with E-state index in [-0.39, 0.29) is 6.04 Å². The number of nitrogens with one attached hydrogen (secondary N) is 1. The highest BCUT2D eigenvalue weighted by Crippen LogP contribution is 2.25. The number of carbonyl (C=O) groups excluding carboxylic acids is 2. The van der Waals surface area contributed by atoms with Gasteiger partial charge in [0.2, 0.25) is 0 Å². The van der Waals surface area contributed by atoms with Crippen molar-refractivity contribution in [3.63, 3.8) is 0 Å². The third-order valence-electron chi connectivity index (χ3n) is 4.81. The summed E-state index contributed by atoms with van der Waals surface area (Å²) in [5, 5.41) is 7.46. The quantitative estimate of drug-likeness (QED) is 0.448. The molecule has 1 unspecified atom stereocenters. The number of benzene rings is 2. The van der Waals surface area contributed by atoms with Crippen LogP contribution in [0.5, 0.6) is 5.75 Å². The number of aryl methyl sites for hydroxylation is 2. The summed E-state index contributed by atoms with van der Waals surface area (Å²) in [5.74, 6) is 0.236. The van der Waals surface area contributed by atoms with Gasteiger partial charge in [-0.2, -0.15) is 0 Å². The van der Waals surface area contributed by atoms with Crippen molar-refractivity contribution in [1.29, 1.82) is 0 Å². The second kappa shape index (κ2) is 10.5. The standard InChI is InChI=1S/C23H22Cl2N2O5/c1-13(17-6-9-20(24)21(25)10-17)26-22(28)12-31-23(29)16-4-7-18(8-5-16)30-11-19-14(2)27-32-15(19)3/h4-10,13H,11-12H2,1-3H3,(H,26,28). The van der Waals surface area contributed by atoms with E-state index < -0.39 is 18.5 Å². The first kappa shape index (κ1) is 23.6. The molecule has 1 N–H and O–H groups in total. The van der Waals surface area contributed by atoms with Crippen LogP contribution in [0.15, 0.2) is 47.0 Å².